The van der Waals surface area contributed by atoms with Crippen LogP contribution in [0.25, 0.3) is 0 Å². The number of nitrogens with zero attached hydrogens (tertiary/aromatic N) is 1. The predicted molar refractivity (Wildman–Crippen MR) is 153 cm³/mol. The maximum atomic E-state index is 13.3. The Kier molecular flexibility index (Phi) is 9.64. The average molecular weight is 593 g/mol. The van der Waals surface area contributed by atoms with E-state index in [4.69, 9.17) is 14.2 Å². The van der Waals surface area contributed by atoms with Crippen molar-refractivity contribution < 1.29 is 42.9 Å². The van der Waals surface area contributed by atoms with Gasteiger partial charge in [0.15, 0.2) is 0 Å². The maximum absolute atomic E-state index is 13.3. The van der Waals surface area contributed by atoms with Gasteiger partial charge in [-0.05, 0) is 106 Å². The van der Waals surface area contributed by atoms with E-state index in [1.54, 1.807) is 20.8 Å². The average Bonchev–Trinajstić information content (AvgIpc) is 3.15. The Labute approximate surface area is 248 Å². The number of amides is 2. The molecule has 1 heterocycles. The molecule has 4 rings (SSSR count). The summed E-state index contributed by atoms with van der Waals surface area (Å²) in [5, 5.41) is 12.4. The van der Waals surface area contributed by atoms with E-state index in [9.17, 15) is 28.7 Å². The van der Waals surface area contributed by atoms with Crippen LogP contribution in [-0.2, 0) is 9.47 Å². The lowest BCUT2D eigenvalue weighted by Crippen LogP contribution is -2.51. The van der Waals surface area contributed by atoms with Gasteiger partial charge >= 0.3 is 18.0 Å². The number of phenolic OH excluding ortho intramolecular Hbond substituents is 1. The zero-order valence-electron chi connectivity index (χ0n) is 24.0. The largest absolute Gasteiger partial charge is 0.508 e. The fraction of sp³-hybridized carbons (Fsp3) is 0.312. The number of carbonyl (C=O) groups is 4. The van der Waals surface area contributed by atoms with Gasteiger partial charge < -0.3 is 29.5 Å². The molecule has 0 saturated carbocycles. The highest BCUT2D eigenvalue weighted by atomic mass is 19.1. The second kappa shape index (κ2) is 13.4. The lowest BCUT2D eigenvalue weighted by Gasteiger charge is -2.30. The minimum absolute atomic E-state index is 0.000369. The van der Waals surface area contributed by atoms with Crippen molar-refractivity contribution in [3.63, 3.8) is 0 Å². The summed E-state index contributed by atoms with van der Waals surface area (Å²) < 4.78 is 29.8. The van der Waals surface area contributed by atoms with Crippen molar-refractivity contribution in [2.24, 2.45) is 0 Å². The highest BCUT2D eigenvalue weighted by Gasteiger charge is 2.35. The van der Waals surface area contributed by atoms with Crippen molar-refractivity contribution in [3.8, 4) is 11.5 Å². The van der Waals surface area contributed by atoms with Crippen LogP contribution in [0.1, 0.15) is 64.7 Å². The summed E-state index contributed by atoms with van der Waals surface area (Å²) in [6.45, 7) is 5.63. The smallest absolute Gasteiger partial charge is 0.410 e. The summed E-state index contributed by atoms with van der Waals surface area (Å²) in [4.78, 5) is 52.9. The van der Waals surface area contributed by atoms with Crippen molar-refractivity contribution in [2.75, 3.05) is 13.1 Å². The number of hydrogen-bond donors (Lipinski definition) is 2. The van der Waals surface area contributed by atoms with Crippen LogP contribution >= 0.6 is 0 Å². The monoisotopic (exact) mass is 592 g/mol. The molecule has 0 bridgehead atoms. The molecule has 2 atom stereocenters. The number of ether oxygens (including phenoxy) is 3. The zero-order chi connectivity index (χ0) is 31.1. The van der Waals surface area contributed by atoms with Gasteiger partial charge in [-0.25, -0.2) is 18.8 Å². The van der Waals surface area contributed by atoms with Gasteiger partial charge in [-0.15, -0.1) is 0 Å². The highest BCUT2D eigenvalue weighted by Crippen LogP contribution is 2.21. The molecule has 1 fully saturated rings. The van der Waals surface area contributed by atoms with E-state index in [0.29, 0.717) is 19.4 Å². The number of hydrogen-bond acceptors (Lipinski definition) is 8. The molecule has 1 aliphatic rings. The van der Waals surface area contributed by atoms with Crippen LogP contribution in [0.5, 0.6) is 11.5 Å². The molecule has 0 unspecified atom stereocenters. The molecule has 2 amide bonds. The van der Waals surface area contributed by atoms with Gasteiger partial charge in [-0.1, -0.05) is 0 Å². The fourth-order valence-electron chi connectivity index (χ4n) is 4.38. The Morgan fingerprint density at radius 1 is 0.860 bits per heavy atom. The van der Waals surface area contributed by atoms with E-state index in [-0.39, 0.29) is 34.7 Å². The molecule has 0 aliphatic carbocycles. The standard InChI is InChI=1S/C32H33FN2O8/c1-32(2,3)43-31(40)35-18-4-5-27(42-30(39)22-8-14-24(36)15-9-22)26(19-35)34-28(37)20-10-16-25(17-11-20)41-29(38)21-6-12-23(33)13-7-21/h6-17,26-27,36H,4-5,18-19H2,1-3H3,(H,34,37)/t26-,27-/m1/s1. The number of likely N-dealkylation sites (tertiary alicyclic amines) is 1. The van der Waals surface area contributed by atoms with E-state index in [2.05, 4.69) is 5.32 Å². The van der Waals surface area contributed by atoms with Crippen LogP contribution in [0.3, 0.4) is 0 Å². The maximum Gasteiger partial charge on any atom is 0.410 e. The van der Waals surface area contributed by atoms with E-state index in [1.807, 2.05) is 0 Å². The third kappa shape index (κ3) is 8.78. The zero-order valence-corrected chi connectivity index (χ0v) is 24.0. The molecule has 1 aliphatic heterocycles. The quantitative estimate of drug-likeness (QED) is 0.298. The van der Waals surface area contributed by atoms with Gasteiger partial charge in [-0.3, -0.25) is 4.79 Å². The first-order valence-electron chi connectivity index (χ1n) is 13.7. The first-order valence-corrected chi connectivity index (χ1v) is 13.7. The van der Waals surface area contributed by atoms with Crippen LogP contribution in [0.2, 0.25) is 0 Å². The second-order valence-electron chi connectivity index (χ2n) is 11.1. The van der Waals surface area contributed by atoms with E-state index >= 15 is 0 Å². The Hall–Kier alpha value is -4.93. The van der Waals surface area contributed by atoms with Crippen LogP contribution in [0, 0.1) is 5.82 Å². The number of rotatable bonds is 6. The molecule has 1 saturated heterocycles. The number of phenols is 1. The van der Waals surface area contributed by atoms with Gasteiger partial charge in [-0.2, -0.15) is 0 Å². The van der Waals surface area contributed by atoms with Crippen molar-refractivity contribution in [1.82, 2.24) is 10.2 Å². The molecule has 11 heteroatoms. The molecule has 0 radical (unpaired) electrons. The molecule has 0 spiro atoms. The normalized spacial score (nSPS) is 16.9. The minimum Gasteiger partial charge on any atom is -0.508 e. The predicted octanol–water partition coefficient (Wildman–Crippen LogP) is 5.11. The third-order valence-corrected chi connectivity index (χ3v) is 6.52. The van der Waals surface area contributed by atoms with E-state index in [1.165, 1.54) is 65.6 Å². The van der Waals surface area contributed by atoms with Crippen LogP contribution in [-0.4, -0.2) is 64.8 Å². The summed E-state index contributed by atoms with van der Waals surface area (Å²) >= 11 is 0. The molecule has 3 aromatic rings. The Bertz CT molecular complexity index is 1450. The van der Waals surface area contributed by atoms with Crippen LogP contribution in [0.4, 0.5) is 9.18 Å². The molecule has 0 aromatic heterocycles. The topological polar surface area (TPSA) is 131 Å². The molecular formula is C32H33FN2O8. The van der Waals surface area contributed by atoms with E-state index in [0.717, 1.165) is 12.1 Å². The van der Waals surface area contributed by atoms with Gasteiger partial charge in [0, 0.05) is 18.7 Å². The lowest BCUT2D eigenvalue weighted by atomic mass is 10.1. The molecule has 10 nitrogen and oxygen atoms in total. The van der Waals surface area contributed by atoms with Crippen molar-refractivity contribution in [1.29, 1.82) is 0 Å². The lowest BCUT2D eigenvalue weighted by molar-refractivity contribution is 0.0127. The fourth-order valence-corrected chi connectivity index (χ4v) is 4.38. The summed E-state index contributed by atoms with van der Waals surface area (Å²) in [5.74, 6) is -2.12. The molecule has 226 valence electrons. The summed E-state index contributed by atoms with van der Waals surface area (Å²) in [5.41, 5.74) is -0.103. The van der Waals surface area contributed by atoms with Crippen molar-refractivity contribution in [3.05, 3.63) is 95.3 Å². The van der Waals surface area contributed by atoms with Crippen LogP contribution in [0.15, 0.2) is 72.8 Å². The van der Waals surface area contributed by atoms with Crippen LogP contribution < -0.4 is 10.1 Å². The summed E-state index contributed by atoms with van der Waals surface area (Å²) in [6, 6.07) is 15.5. The molecule has 43 heavy (non-hydrogen) atoms. The highest BCUT2D eigenvalue weighted by molar-refractivity contribution is 5.95. The number of benzene rings is 3. The summed E-state index contributed by atoms with van der Waals surface area (Å²) in [6.07, 6.45) is -0.460. The minimum atomic E-state index is -0.778. The number of aromatic hydroxyl groups is 1. The van der Waals surface area contributed by atoms with Gasteiger partial charge in [0.25, 0.3) is 5.91 Å². The first-order chi connectivity index (χ1) is 20.4. The number of nitrogens with one attached hydrogen (secondary N) is 1. The van der Waals surface area contributed by atoms with Gasteiger partial charge in [0.2, 0.25) is 0 Å². The number of esters is 2. The Morgan fingerprint density at radius 2 is 1.44 bits per heavy atom. The van der Waals surface area contributed by atoms with E-state index < -0.39 is 47.5 Å². The molecular weight excluding hydrogens is 559 g/mol. The van der Waals surface area contributed by atoms with Gasteiger partial charge in [0.1, 0.15) is 29.0 Å². The molecule has 3 aromatic carbocycles. The van der Waals surface area contributed by atoms with Crippen molar-refractivity contribution in [2.45, 2.75) is 51.4 Å². The SMILES string of the molecule is CC(C)(C)OC(=O)N1CCC[C@@H](OC(=O)c2ccc(O)cc2)[C@H](NC(=O)c2ccc(OC(=O)c3ccc(F)cc3)cc2)C1. The molecule has 2 N–H and O–H groups in total. The second-order valence-corrected chi connectivity index (χ2v) is 11.1. The first kappa shape index (κ1) is 31.0. The summed E-state index contributed by atoms with van der Waals surface area (Å²) in [7, 11) is 0. The van der Waals surface area contributed by atoms with Gasteiger partial charge in [0.05, 0.1) is 17.2 Å². The third-order valence-electron chi connectivity index (χ3n) is 6.52. The Morgan fingerprint density at radius 3 is 2.07 bits per heavy atom. The number of halogens is 1. The number of carbonyl (C=O) groups excluding carboxylic acids is 4. The van der Waals surface area contributed by atoms with Crippen molar-refractivity contribution >= 4 is 23.9 Å². The Balaban J connectivity index is 1.48.